The van der Waals surface area contributed by atoms with Gasteiger partial charge in [-0.2, -0.15) is 5.10 Å². The van der Waals surface area contributed by atoms with E-state index < -0.39 is 6.10 Å². The average molecular weight is 463 g/mol. The molecule has 1 unspecified atom stereocenters. The molecule has 34 heavy (non-hydrogen) atoms. The van der Waals surface area contributed by atoms with Gasteiger partial charge in [-0.3, -0.25) is 14.8 Å². The number of nitrogens with zero attached hydrogens (tertiary/aromatic N) is 3. The first kappa shape index (κ1) is 21.9. The molecule has 1 aliphatic rings. The Morgan fingerprint density at radius 3 is 2.79 bits per heavy atom. The Balaban J connectivity index is 1.31. The largest absolute Gasteiger partial charge is 0.493 e. The number of nitrogens with one attached hydrogen (secondary N) is 3. The van der Waals surface area contributed by atoms with Crippen LogP contribution >= 0.6 is 0 Å². The van der Waals surface area contributed by atoms with Gasteiger partial charge in [0.2, 0.25) is 0 Å². The summed E-state index contributed by atoms with van der Waals surface area (Å²) < 4.78 is 16.5. The molecular formula is C24H26N6O4. The SMILES string of the molecule is COc1cc2nc(-c3n[nH]cc3NC(=O)C3CN(Cc4ccccc4)CCO3)[nH]c2cc1OC. The second-order valence-corrected chi connectivity index (χ2v) is 8.03. The molecule has 0 bridgehead atoms. The maximum atomic E-state index is 13.0. The van der Waals surface area contributed by atoms with Crippen molar-refractivity contribution in [3.05, 3.63) is 54.2 Å². The number of hydrogen-bond acceptors (Lipinski definition) is 7. The number of imidazole rings is 1. The van der Waals surface area contributed by atoms with Crippen molar-refractivity contribution in [2.75, 3.05) is 39.2 Å². The average Bonchev–Trinajstić information content (AvgIpc) is 3.50. The Hall–Kier alpha value is -3.89. The molecule has 1 aliphatic heterocycles. The summed E-state index contributed by atoms with van der Waals surface area (Å²) >= 11 is 0. The Labute approximate surface area is 196 Å². The van der Waals surface area contributed by atoms with Gasteiger partial charge in [0.1, 0.15) is 6.10 Å². The maximum absolute atomic E-state index is 13.0. The zero-order valence-corrected chi connectivity index (χ0v) is 19.0. The quantitative estimate of drug-likeness (QED) is 0.387. The Bertz CT molecular complexity index is 1240. The molecule has 0 aliphatic carbocycles. The number of amides is 1. The molecular weight excluding hydrogens is 436 g/mol. The number of aromatic amines is 2. The lowest BCUT2D eigenvalue weighted by Crippen LogP contribution is -2.47. The van der Waals surface area contributed by atoms with E-state index in [-0.39, 0.29) is 5.91 Å². The molecule has 0 saturated carbocycles. The van der Waals surface area contributed by atoms with Crippen LogP contribution in [-0.2, 0) is 16.1 Å². The highest BCUT2D eigenvalue weighted by atomic mass is 16.5. The second kappa shape index (κ2) is 9.54. The summed E-state index contributed by atoms with van der Waals surface area (Å²) in [5.41, 5.74) is 3.69. The van der Waals surface area contributed by atoms with E-state index in [2.05, 4.69) is 42.5 Å². The summed E-state index contributed by atoms with van der Waals surface area (Å²) in [6, 6.07) is 13.8. The van der Waals surface area contributed by atoms with Crippen LogP contribution in [-0.4, -0.2) is 71.0 Å². The van der Waals surface area contributed by atoms with Crippen molar-refractivity contribution in [3.63, 3.8) is 0 Å². The van der Waals surface area contributed by atoms with Crippen molar-refractivity contribution in [2.24, 2.45) is 0 Å². The van der Waals surface area contributed by atoms with Crippen LogP contribution in [0.5, 0.6) is 11.5 Å². The number of anilines is 1. The fraction of sp³-hybridized carbons (Fsp3) is 0.292. The number of rotatable bonds is 7. The third-order valence-electron chi connectivity index (χ3n) is 5.80. The number of fused-ring (bicyclic) bond motifs is 1. The van der Waals surface area contributed by atoms with Gasteiger partial charge >= 0.3 is 0 Å². The van der Waals surface area contributed by atoms with Crippen molar-refractivity contribution < 1.29 is 19.0 Å². The first-order valence-electron chi connectivity index (χ1n) is 11.0. The van der Waals surface area contributed by atoms with Gasteiger partial charge in [-0.15, -0.1) is 0 Å². The maximum Gasteiger partial charge on any atom is 0.254 e. The predicted octanol–water partition coefficient (Wildman–Crippen LogP) is 2.81. The monoisotopic (exact) mass is 462 g/mol. The van der Waals surface area contributed by atoms with E-state index in [0.717, 1.165) is 18.6 Å². The number of H-pyrrole nitrogens is 2. The third kappa shape index (κ3) is 4.45. The van der Waals surface area contributed by atoms with Gasteiger partial charge in [0.15, 0.2) is 23.0 Å². The summed E-state index contributed by atoms with van der Waals surface area (Å²) in [6.45, 7) is 2.56. The van der Waals surface area contributed by atoms with Gasteiger partial charge in [-0.05, 0) is 5.56 Å². The minimum Gasteiger partial charge on any atom is -0.493 e. The van der Waals surface area contributed by atoms with Crippen LogP contribution in [0.25, 0.3) is 22.6 Å². The van der Waals surface area contributed by atoms with Gasteiger partial charge in [0, 0.05) is 38.0 Å². The van der Waals surface area contributed by atoms with Crippen LogP contribution in [0.15, 0.2) is 48.7 Å². The number of ether oxygens (including phenoxy) is 3. The van der Waals surface area contributed by atoms with Gasteiger partial charge < -0.3 is 24.5 Å². The van der Waals surface area contributed by atoms with Crippen molar-refractivity contribution in [1.82, 2.24) is 25.1 Å². The lowest BCUT2D eigenvalue weighted by Gasteiger charge is -2.32. The first-order chi connectivity index (χ1) is 16.6. The molecule has 1 atom stereocenters. The van der Waals surface area contributed by atoms with Crippen molar-refractivity contribution in [2.45, 2.75) is 12.6 Å². The molecule has 4 aromatic rings. The van der Waals surface area contributed by atoms with Crippen LogP contribution in [0.3, 0.4) is 0 Å². The van der Waals surface area contributed by atoms with Gasteiger partial charge in [-0.25, -0.2) is 4.98 Å². The highest BCUT2D eigenvalue weighted by Crippen LogP contribution is 2.33. The van der Waals surface area contributed by atoms with Gasteiger partial charge in [0.05, 0.1) is 37.5 Å². The Morgan fingerprint density at radius 2 is 2.00 bits per heavy atom. The van der Waals surface area contributed by atoms with Crippen molar-refractivity contribution in [1.29, 1.82) is 0 Å². The van der Waals surface area contributed by atoms with Crippen LogP contribution in [0.1, 0.15) is 5.56 Å². The lowest BCUT2D eigenvalue weighted by atomic mass is 10.2. The Morgan fingerprint density at radius 1 is 1.21 bits per heavy atom. The molecule has 176 valence electrons. The van der Waals surface area contributed by atoms with Crippen LogP contribution in [0.4, 0.5) is 5.69 Å². The molecule has 0 spiro atoms. The van der Waals surface area contributed by atoms with E-state index in [0.29, 0.717) is 47.4 Å². The van der Waals surface area contributed by atoms with Gasteiger partial charge in [-0.1, -0.05) is 30.3 Å². The van der Waals surface area contributed by atoms with Gasteiger partial charge in [0.25, 0.3) is 5.91 Å². The standard InChI is InChI=1S/C24H26N6O4/c1-32-19-10-16-17(11-20(19)33-2)27-23(26-16)22-18(12-25-29-22)28-24(31)21-14-30(8-9-34-21)13-15-6-4-3-5-7-15/h3-7,10-12,21H,8-9,13-14H2,1-2H3,(H,25,29)(H,26,27)(H,28,31). The molecule has 3 heterocycles. The summed E-state index contributed by atoms with van der Waals surface area (Å²) in [7, 11) is 3.16. The highest BCUT2D eigenvalue weighted by molar-refractivity contribution is 5.97. The second-order valence-electron chi connectivity index (χ2n) is 8.03. The normalized spacial score (nSPS) is 16.5. The molecule has 0 radical (unpaired) electrons. The number of hydrogen-bond donors (Lipinski definition) is 3. The fourth-order valence-electron chi connectivity index (χ4n) is 4.07. The van der Waals surface area contributed by atoms with Crippen LogP contribution in [0.2, 0.25) is 0 Å². The third-order valence-corrected chi connectivity index (χ3v) is 5.80. The predicted molar refractivity (Wildman–Crippen MR) is 127 cm³/mol. The smallest absolute Gasteiger partial charge is 0.254 e. The summed E-state index contributed by atoms with van der Waals surface area (Å²) in [6.07, 6.45) is 1.05. The molecule has 3 N–H and O–H groups in total. The minimum atomic E-state index is -0.579. The number of methoxy groups -OCH3 is 2. The van der Waals surface area contributed by atoms with E-state index >= 15 is 0 Å². The van der Waals surface area contributed by atoms with Crippen LogP contribution < -0.4 is 14.8 Å². The number of benzene rings is 2. The van der Waals surface area contributed by atoms with E-state index in [1.165, 1.54) is 5.56 Å². The fourth-order valence-corrected chi connectivity index (χ4v) is 4.07. The summed E-state index contributed by atoms with van der Waals surface area (Å²) in [5, 5.41) is 10.0. The molecule has 10 nitrogen and oxygen atoms in total. The summed E-state index contributed by atoms with van der Waals surface area (Å²) in [5.74, 6) is 1.46. The number of carbonyl (C=O) groups is 1. The molecule has 1 fully saturated rings. The topological polar surface area (TPSA) is 117 Å². The molecule has 2 aromatic heterocycles. The van der Waals surface area contributed by atoms with E-state index in [1.807, 2.05) is 24.3 Å². The highest BCUT2D eigenvalue weighted by Gasteiger charge is 2.28. The number of carbonyl (C=O) groups excluding carboxylic acids is 1. The lowest BCUT2D eigenvalue weighted by molar-refractivity contribution is -0.133. The Kier molecular flexibility index (Phi) is 6.15. The molecule has 5 rings (SSSR count). The first-order valence-corrected chi connectivity index (χ1v) is 11.0. The molecule has 2 aromatic carbocycles. The van der Waals surface area contributed by atoms with Crippen molar-refractivity contribution >= 4 is 22.6 Å². The summed E-state index contributed by atoms with van der Waals surface area (Å²) in [4.78, 5) is 23.1. The number of morpholine rings is 1. The van der Waals surface area contributed by atoms with Crippen molar-refractivity contribution in [3.8, 4) is 23.0 Å². The zero-order chi connectivity index (χ0) is 23.5. The minimum absolute atomic E-state index is 0.222. The van der Waals surface area contributed by atoms with E-state index in [9.17, 15) is 4.79 Å². The molecule has 1 saturated heterocycles. The molecule has 1 amide bonds. The van der Waals surface area contributed by atoms with E-state index in [1.54, 1.807) is 26.5 Å². The molecule has 10 heteroatoms. The van der Waals surface area contributed by atoms with E-state index in [4.69, 9.17) is 14.2 Å². The number of aromatic nitrogens is 4. The zero-order valence-electron chi connectivity index (χ0n) is 19.0. The van der Waals surface area contributed by atoms with Crippen LogP contribution in [0, 0.1) is 0 Å².